The molecular formula is C24H38O3. The topological polar surface area (TPSA) is 57.5 Å². The van der Waals surface area contributed by atoms with Gasteiger partial charge in [-0.3, -0.25) is 4.79 Å². The Hall–Kier alpha value is -1.87. The van der Waals surface area contributed by atoms with Crippen LogP contribution >= 0.6 is 0 Å². The normalized spacial score (nSPS) is 13.9. The van der Waals surface area contributed by atoms with Crippen molar-refractivity contribution in [2.24, 2.45) is 0 Å². The van der Waals surface area contributed by atoms with Crippen LogP contribution < -0.4 is 0 Å². The minimum atomic E-state index is -0.715. The first-order valence-corrected chi connectivity index (χ1v) is 10.3. The maximum absolute atomic E-state index is 10.4. The summed E-state index contributed by atoms with van der Waals surface area (Å²) in [6.45, 7) is 2.20. The number of carboxylic acid groups (broad SMARTS) is 1. The molecule has 0 rings (SSSR count). The molecule has 3 nitrogen and oxygen atoms in total. The number of aliphatic carboxylic acids is 1. The van der Waals surface area contributed by atoms with Crippen LogP contribution in [0.15, 0.2) is 60.8 Å². The summed E-state index contributed by atoms with van der Waals surface area (Å²) in [5, 5.41) is 18.4. The standard InChI is InChI=1S/C24H38O3/c1-2-3-4-5-11-14-17-20-23(25)21-18-15-12-9-7-6-8-10-13-16-19-22-24(26)27/h7-11,14-15,17-18,20,23,25H,2-6,12-13,16,19,21-22H2,1H3,(H,26,27)/b9-7-,10-8-,14-11+,18-15-,20-17+. The van der Waals surface area contributed by atoms with Gasteiger partial charge in [-0.1, -0.05) is 80.5 Å². The van der Waals surface area contributed by atoms with Crippen molar-refractivity contribution in [3.63, 3.8) is 0 Å². The van der Waals surface area contributed by atoms with E-state index >= 15 is 0 Å². The van der Waals surface area contributed by atoms with Crippen LogP contribution in [0.1, 0.15) is 77.6 Å². The molecule has 1 unspecified atom stereocenters. The van der Waals surface area contributed by atoms with Crippen LogP contribution in [0.3, 0.4) is 0 Å². The first-order valence-electron chi connectivity index (χ1n) is 10.3. The van der Waals surface area contributed by atoms with Gasteiger partial charge in [-0.25, -0.2) is 0 Å². The van der Waals surface area contributed by atoms with E-state index in [1.807, 2.05) is 24.3 Å². The monoisotopic (exact) mass is 374 g/mol. The van der Waals surface area contributed by atoms with E-state index in [1.54, 1.807) is 0 Å². The number of aliphatic hydroxyl groups is 1. The Morgan fingerprint density at radius 1 is 0.815 bits per heavy atom. The van der Waals surface area contributed by atoms with Gasteiger partial charge in [0, 0.05) is 6.42 Å². The number of hydrogen-bond acceptors (Lipinski definition) is 2. The Morgan fingerprint density at radius 2 is 1.44 bits per heavy atom. The Bertz CT molecular complexity index is 484. The van der Waals surface area contributed by atoms with Gasteiger partial charge in [0.1, 0.15) is 0 Å². The summed E-state index contributed by atoms with van der Waals surface area (Å²) in [7, 11) is 0. The fourth-order valence-corrected chi connectivity index (χ4v) is 2.39. The minimum Gasteiger partial charge on any atom is -0.481 e. The van der Waals surface area contributed by atoms with Crippen LogP contribution in [0.5, 0.6) is 0 Å². The highest BCUT2D eigenvalue weighted by Crippen LogP contribution is 2.03. The van der Waals surface area contributed by atoms with Crippen molar-refractivity contribution in [2.45, 2.75) is 83.7 Å². The van der Waals surface area contributed by atoms with Gasteiger partial charge < -0.3 is 10.2 Å². The number of rotatable bonds is 17. The highest BCUT2D eigenvalue weighted by molar-refractivity contribution is 5.66. The Labute approximate surface area is 165 Å². The van der Waals surface area contributed by atoms with E-state index in [0.717, 1.165) is 38.5 Å². The van der Waals surface area contributed by atoms with E-state index in [4.69, 9.17) is 5.11 Å². The smallest absolute Gasteiger partial charge is 0.303 e. The highest BCUT2D eigenvalue weighted by Gasteiger charge is 1.94. The average Bonchev–Trinajstić information content (AvgIpc) is 2.64. The second-order valence-corrected chi connectivity index (χ2v) is 6.64. The average molecular weight is 375 g/mol. The maximum Gasteiger partial charge on any atom is 0.303 e. The predicted octanol–water partition coefficient (Wildman–Crippen LogP) is 6.52. The molecule has 27 heavy (non-hydrogen) atoms. The molecule has 0 heterocycles. The van der Waals surface area contributed by atoms with Crippen LogP contribution in [0, 0.1) is 0 Å². The van der Waals surface area contributed by atoms with Gasteiger partial charge in [0.15, 0.2) is 0 Å². The van der Waals surface area contributed by atoms with Crippen molar-refractivity contribution >= 4 is 5.97 Å². The summed E-state index contributed by atoms with van der Waals surface area (Å²) in [5.74, 6) is -0.715. The molecule has 0 aromatic rings. The Balaban J connectivity index is 3.61. The van der Waals surface area contributed by atoms with Crippen LogP contribution in [-0.2, 0) is 4.79 Å². The van der Waals surface area contributed by atoms with Crippen molar-refractivity contribution in [1.29, 1.82) is 0 Å². The second kappa shape index (κ2) is 20.4. The van der Waals surface area contributed by atoms with Crippen molar-refractivity contribution in [1.82, 2.24) is 0 Å². The lowest BCUT2D eigenvalue weighted by atomic mass is 10.1. The molecule has 0 spiro atoms. The summed E-state index contributed by atoms with van der Waals surface area (Å²) in [6, 6.07) is 0. The zero-order valence-corrected chi connectivity index (χ0v) is 16.9. The third kappa shape index (κ3) is 22.1. The molecule has 0 fully saturated rings. The number of hydrogen-bond donors (Lipinski definition) is 2. The number of allylic oxidation sites excluding steroid dienone is 8. The summed E-state index contributed by atoms with van der Waals surface area (Å²) >= 11 is 0. The number of aliphatic hydroxyl groups excluding tert-OH is 1. The third-order valence-electron chi connectivity index (χ3n) is 3.99. The molecule has 0 aromatic carbocycles. The zero-order chi connectivity index (χ0) is 20.0. The van der Waals surface area contributed by atoms with E-state index in [2.05, 4.69) is 43.4 Å². The fourth-order valence-electron chi connectivity index (χ4n) is 2.39. The number of unbranched alkanes of at least 4 members (excludes halogenated alkanes) is 5. The van der Waals surface area contributed by atoms with Crippen molar-refractivity contribution < 1.29 is 15.0 Å². The zero-order valence-electron chi connectivity index (χ0n) is 16.9. The number of carbonyl (C=O) groups is 1. The van der Waals surface area contributed by atoms with Crippen molar-refractivity contribution in [3.8, 4) is 0 Å². The fraction of sp³-hybridized carbons (Fsp3) is 0.542. The second-order valence-electron chi connectivity index (χ2n) is 6.64. The van der Waals surface area contributed by atoms with Gasteiger partial charge >= 0.3 is 5.97 Å². The van der Waals surface area contributed by atoms with Gasteiger partial charge in [-0.05, 0) is 51.4 Å². The molecule has 2 N–H and O–H groups in total. The molecular weight excluding hydrogens is 336 g/mol. The van der Waals surface area contributed by atoms with E-state index in [0.29, 0.717) is 6.42 Å². The summed E-state index contributed by atoms with van der Waals surface area (Å²) < 4.78 is 0. The first-order chi connectivity index (χ1) is 13.2. The SMILES string of the molecule is CCCCC/C=C/C=C/C(O)C/C=C\C/C=C\C/C=C\CCCCC(=O)O. The van der Waals surface area contributed by atoms with Gasteiger partial charge in [0.05, 0.1) is 6.10 Å². The minimum absolute atomic E-state index is 0.264. The summed E-state index contributed by atoms with van der Waals surface area (Å²) in [5.41, 5.74) is 0. The van der Waals surface area contributed by atoms with Crippen LogP contribution in [0.2, 0.25) is 0 Å². The molecule has 3 heteroatoms. The van der Waals surface area contributed by atoms with Crippen LogP contribution in [-0.4, -0.2) is 22.3 Å². The molecule has 0 aromatic heterocycles. The van der Waals surface area contributed by atoms with Gasteiger partial charge in [0.25, 0.3) is 0 Å². The van der Waals surface area contributed by atoms with Crippen LogP contribution in [0.4, 0.5) is 0 Å². The largest absolute Gasteiger partial charge is 0.481 e. The summed E-state index contributed by atoms with van der Waals surface area (Å²) in [4.78, 5) is 10.4. The molecule has 0 saturated heterocycles. The molecule has 0 aliphatic heterocycles. The highest BCUT2D eigenvalue weighted by atomic mass is 16.4. The lowest BCUT2D eigenvalue weighted by molar-refractivity contribution is -0.137. The first kappa shape index (κ1) is 25.1. The quantitative estimate of drug-likeness (QED) is 0.173. The van der Waals surface area contributed by atoms with Gasteiger partial charge in [0.2, 0.25) is 0 Å². The van der Waals surface area contributed by atoms with E-state index < -0.39 is 12.1 Å². The lowest BCUT2D eigenvalue weighted by Crippen LogP contribution is -1.98. The number of carboxylic acids is 1. The van der Waals surface area contributed by atoms with Crippen molar-refractivity contribution in [3.05, 3.63) is 60.8 Å². The molecule has 0 aliphatic carbocycles. The van der Waals surface area contributed by atoms with Crippen molar-refractivity contribution in [2.75, 3.05) is 0 Å². The lowest BCUT2D eigenvalue weighted by Gasteiger charge is -1.98. The van der Waals surface area contributed by atoms with E-state index in [-0.39, 0.29) is 6.42 Å². The maximum atomic E-state index is 10.4. The predicted molar refractivity (Wildman–Crippen MR) is 116 cm³/mol. The molecule has 0 saturated carbocycles. The molecule has 0 radical (unpaired) electrons. The summed E-state index contributed by atoms with van der Waals surface area (Å²) in [6.07, 6.45) is 30.3. The van der Waals surface area contributed by atoms with Gasteiger partial charge in [-0.2, -0.15) is 0 Å². The van der Waals surface area contributed by atoms with Crippen LogP contribution in [0.25, 0.3) is 0 Å². The molecule has 0 bridgehead atoms. The molecule has 0 amide bonds. The molecule has 0 aliphatic rings. The van der Waals surface area contributed by atoms with E-state index in [9.17, 15) is 9.90 Å². The van der Waals surface area contributed by atoms with Gasteiger partial charge in [-0.15, -0.1) is 0 Å². The Morgan fingerprint density at radius 3 is 2.15 bits per heavy atom. The molecule has 1 atom stereocenters. The third-order valence-corrected chi connectivity index (χ3v) is 3.99. The van der Waals surface area contributed by atoms with E-state index in [1.165, 1.54) is 19.3 Å². The Kier molecular flexibility index (Phi) is 19.0. The molecule has 152 valence electrons.